The van der Waals surface area contributed by atoms with E-state index < -0.39 is 17.8 Å². The average Bonchev–Trinajstić information content (AvgIpc) is 2.94. The van der Waals surface area contributed by atoms with Gasteiger partial charge < -0.3 is 4.74 Å². The summed E-state index contributed by atoms with van der Waals surface area (Å²) >= 11 is 0. The van der Waals surface area contributed by atoms with E-state index in [9.17, 15) is 14.0 Å². The van der Waals surface area contributed by atoms with Gasteiger partial charge in [-0.25, -0.2) is 9.18 Å². The van der Waals surface area contributed by atoms with E-state index >= 15 is 0 Å². The Morgan fingerprint density at radius 1 is 1.17 bits per heavy atom. The molecule has 2 aromatic carbocycles. The monoisotopic (exact) mass is 327 g/mol. The van der Waals surface area contributed by atoms with Crippen molar-refractivity contribution in [2.75, 3.05) is 11.5 Å². The highest BCUT2D eigenvalue weighted by atomic mass is 19.1. The number of nitrogens with zero attached hydrogens (tertiary/aromatic N) is 1. The number of rotatable bonds is 4. The summed E-state index contributed by atoms with van der Waals surface area (Å²) in [6.07, 6.45) is 0.213. The summed E-state index contributed by atoms with van der Waals surface area (Å²) in [6.45, 7) is 1.97. The fourth-order valence-corrected chi connectivity index (χ4v) is 3.14. The Balaban J connectivity index is 2.01. The maximum atomic E-state index is 13.2. The molecule has 0 spiro atoms. The van der Waals surface area contributed by atoms with Crippen LogP contribution >= 0.6 is 0 Å². The summed E-state index contributed by atoms with van der Waals surface area (Å²) in [5.74, 6) is -1.30. The van der Waals surface area contributed by atoms with Crippen LogP contribution in [0.4, 0.5) is 10.1 Å². The van der Waals surface area contributed by atoms with E-state index in [0.29, 0.717) is 5.69 Å². The SMILES string of the molecule is CCOC(=O)[C@H]1[C@H](c2ccccc2)CC(=O)N1c1ccc(F)cc1. The topological polar surface area (TPSA) is 46.6 Å². The molecule has 0 bridgehead atoms. The number of ether oxygens (including phenoxy) is 1. The van der Waals surface area contributed by atoms with E-state index in [1.54, 1.807) is 6.92 Å². The van der Waals surface area contributed by atoms with Crippen molar-refractivity contribution in [2.45, 2.75) is 25.3 Å². The smallest absolute Gasteiger partial charge is 0.329 e. The zero-order chi connectivity index (χ0) is 17.1. The van der Waals surface area contributed by atoms with Crippen molar-refractivity contribution in [1.29, 1.82) is 0 Å². The molecule has 1 heterocycles. The fraction of sp³-hybridized carbons (Fsp3) is 0.263. The zero-order valence-corrected chi connectivity index (χ0v) is 13.3. The highest BCUT2D eigenvalue weighted by molar-refractivity contribution is 6.04. The normalized spacial score (nSPS) is 20.2. The van der Waals surface area contributed by atoms with Gasteiger partial charge in [0.2, 0.25) is 5.91 Å². The van der Waals surface area contributed by atoms with E-state index in [0.717, 1.165) is 5.56 Å². The molecule has 0 N–H and O–H groups in total. The van der Waals surface area contributed by atoms with Crippen LogP contribution in [-0.4, -0.2) is 24.5 Å². The van der Waals surface area contributed by atoms with E-state index in [1.165, 1.54) is 29.2 Å². The summed E-state index contributed by atoms with van der Waals surface area (Å²) in [5.41, 5.74) is 1.41. The maximum absolute atomic E-state index is 13.2. The molecular weight excluding hydrogens is 309 g/mol. The number of hydrogen-bond acceptors (Lipinski definition) is 3. The minimum atomic E-state index is -0.745. The first kappa shape index (κ1) is 16.2. The van der Waals surface area contributed by atoms with Crippen molar-refractivity contribution < 1.29 is 18.7 Å². The lowest BCUT2D eigenvalue weighted by Crippen LogP contribution is -2.42. The second-order valence-corrected chi connectivity index (χ2v) is 5.66. The number of esters is 1. The first-order valence-electron chi connectivity index (χ1n) is 7.91. The Labute approximate surface area is 139 Å². The largest absolute Gasteiger partial charge is 0.464 e. The van der Waals surface area contributed by atoms with E-state index in [2.05, 4.69) is 0 Å². The Morgan fingerprint density at radius 3 is 2.46 bits per heavy atom. The predicted octanol–water partition coefficient (Wildman–Crippen LogP) is 3.28. The van der Waals surface area contributed by atoms with Gasteiger partial charge >= 0.3 is 5.97 Å². The minimum absolute atomic E-state index is 0.173. The van der Waals surface area contributed by atoms with Gasteiger partial charge in [-0.1, -0.05) is 30.3 Å². The van der Waals surface area contributed by atoms with Crippen molar-refractivity contribution in [3.63, 3.8) is 0 Å². The van der Waals surface area contributed by atoms with E-state index in [4.69, 9.17) is 4.74 Å². The number of anilines is 1. The first-order chi connectivity index (χ1) is 11.6. The summed E-state index contributed by atoms with van der Waals surface area (Å²) in [7, 11) is 0. The molecular formula is C19H18FNO3. The van der Waals surface area contributed by atoms with Gasteiger partial charge in [-0.2, -0.15) is 0 Å². The van der Waals surface area contributed by atoms with Gasteiger partial charge in [0.05, 0.1) is 6.61 Å². The molecule has 2 aromatic rings. The van der Waals surface area contributed by atoms with Crippen LogP contribution in [0.25, 0.3) is 0 Å². The van der Waals surface area contributed by atoms with E-state index in [-0.39, 0.29) is 24.9 Å². The van der Waals surface area contributed by atoms with Crippen LogP contribution in [0.1, 0.15) is 24.8 Å². The standard InChI is InChI=1S/C19H18FNO3/c1-2-24-19(23)18-16(13-6-4-3-5-7-13)12-17(22)21(18)15-10-8-14(20)9-11-15/h3-11,16,18H,2,12H2,1H3/t16-,18+/m0/s1. The number of halogens is 1. The number of carbonyl (C=O) groups excluding carboxylic acids is 2. The zero-order valence-electron chi connectivity index (χ0n) is 13.3. The first-order valence-corrected chi connectivity index (χ1v) is 7.91. The van der Waals surface area contributed by atoms with E-state index in [1.807, 2.05) is 30.3 Å². The van der Waals surface area contributed by atoms with Crippen LogP contribution in [-0.2, 0) is 14.3 Å². The Morgan fingerprint density at radius 2 is 1.83 bits per heavy atom. The average molecular weight is 327 g/mol. The van der Waals surface area contributed by atoms with Gasteiger partial charge in [-0.3, -0.25) is 9.69 Å². The van der Waals surface area contributed by atoms with Crippen LogP contribution in [0.2, 0.25) is 0 Å². The van der Waals surface area contributed by atoms with Crippen molar-refractivity contribution in [3.8, 4) is 0 Å². The second-order valence-electron chi connectivity index (χ2n) is 5.66. The fourth-order valence-electron chi connectivity index (χ4n) is 3.14. The van der Waals surface area contributed by atoms with Gasteiger partial charge in [0.1, 0.15) is 11.9 Å². The molecule has 124 valence electrons. The van der Waals surface area contributed by atoms with Gasteiger partial charge in [0, 0.05) is 18.0 Å². The molecule has 1 fully saturated rings. The van der Waals surface area contributed by atoms with Crippen molar-refractivity contribution in [3.05, 3.63) is 66.0 Å². The molecule has 2 atom stereocenters. The Bertz CT molecular complexity index is 730. The number of amides is 1. The highest BCUT2D eigenvalue weighted by Crippen LogP contribution is 2.38. The molecule has 1 aliphatic rings. The second kappa shape index (κ2) is 6.83. The van der Waals surface area contributed by atoms with Crippen LogP contribution < -0.4 is 4.90 Å². The van der Waals surface area contributed by atoms with Crippen molar-refractivity contribution >= 4 is 17.6 Å². The summed E-state index contributed by atoms with van der Waals surface area (Å²) in [6, 6.07) is 14.3. The molecule has 1 amide bonds. The lowest BCUT2D eigenvalue weighted by molar-refractivity contribution is -0.145. The third-order valence-electron chi connectivity index (χ3n) is 4.18. The molecule has 0 saturated carbocycles. The van der Waals surface area contributed by atoms with Gasteiger partial charge in [-0.15, -0.1) is 0 Å². The Hall–Kier alpha value is -2.69. The molecule has 3 rings (SSSR count). The van der Waals surface area contributed by atoms with Crippen LogP contribution in [0.5, 0.6) is 0 Å². The maximum Gasteiger partial charge on any atom is 0.329 e. The van der Waals surface area contributed by atoms with Crippen LogP contribution in [0.3, 0.4) is 0 Å². The van der Waals surface area contributed by atoms with Crippen LogP contribution in [0.15, 0.2) is 54.6 Å². The molecule has 0 unspecified atom stereocenters. The summed E-state index contributed by atoms with van der Waals surface area (Å²) < 4.78 is 18.4. The number of carbonyl (C=O) groups is 2. The summed E-state index contributed by atoms with van der Waals surface area (Å²) in [4.78, 5) is 26.5. The number of hydrogen-bond donors (Lipinski definition) is 0. The van der Waals surface area contributed by atoms with Crippen molar-refractivity contribution in [1.82, 2.24) is 0 Å². The molecule has 1 saturated heterocycles. The summed E-state index contributed by atoms with van der Waals surface area (Å²) in [5, 5.41) is 0. The molecule has 5 heteroatoms. The van der Waals surface area contributed by atoms with Gasteiger partial charge in [-0.05, 0) is 36.8 Å². The van der Waals surface area contributed by atoms with Gasteiger partial charge in [0.25, 0.3) is 0 Å². The van der Waals surface area contributed by atoms with Crippen LogP contribution in [0, 0.1) is 5.82 Å². The van der Waals surface area contributed by atoms with Gasteiger partial charge in [0.15, 0.2) is 0 Å². The molecule has 0 aromatic heterocycles. The third-order valence-corrected chi connectivity index (χ3v) is 4.18. The lowest BCUT2D eigenvalue weighted by atomic mass is 9.91. The minimum Gasteiger partial charge on any atom is -0.464 e. The lowest BCUT2D eigenvalue weighted by Gasteiger charge is -2.26. The molecule has 0 aliphatic carbocycles. The third kappa shape index (κ3) is 3.02. The predicted molar refractivity (Wildman–Crippen MR) is 88.1 cm³/mol. The molecule has 0 radical (unpaired) electrons. The Kier molecular flexibility index (Phi) is 4.60. The highest BCUT2D eigenvalue weighted by Gasteiger charge is 2.46. The molecule has 4 nitrogen and oxygen atoms in total. The molecule has 24 heavy (non-hydrogen) atoms. The van der Waals surface area contributed by atoms with Crippen molar-refractivity contribution in [2.24, 2.45) is 0 Å². The number of benzene rings is 2. The molecule has 1 aliphatic heterocycles. The quantitative estimate of drug-likeness (QED) is 0.810.